The number of aliphatic imine (C=N–C) groups is 1. The summed E-state index contributed by atoms with van der Waals surface area (Å²) >= 11 is 5.72. The van der Waals surface area contributed by atoms with Crippen molar-refractivity contribution in [1.82, 2.24) is 0 Å². The number of methoxy groups -OCH3 is 1. The number of nitrogens with zero attached hydrogens (tertiary/aromatic N) is 1. The van der Waals surface area contributed by atoms with Gasteiger partial charge >= 0.3 is 0 Å². The highest BCUT2D eigenvalue weighted by atomic mass is 35.5. The number of ether oxygens (including phenoxy) is 1. The van der Waals surface area contributed by atoms with Gasteiger partial charge in [0.1, 0.15) is 5.50 Å². The fraction of sp³-hybridized carbons (Fsp3) is 0.833. The van der Waals surface area contributed by atoms with Crippen LogP contribution >= 0.6 is 11.6 Å². The lowest BCUT2D eigenvalue weighted by molar-refractivity contribution is 0.0864. The second kappa shape index (κ2) is 3.32. The molecule has 1 heterocycles. The van der Waals surface area contributed by atoms with Gasteiger partial charge in [0.05, 0.1) is 12.1 Å². The van der Waals surface area contributed by atoms with Crippen LogP contribution in [-0.2, 0) is 4.74 Å². The molecule has 3 nitrogen and oxygen atoms in total. The Labute approximate surface area is 65.2 Å². The molecule has 0 spiro atoms. The van der Waals surface area contributed by atoms with Crippen molar-refractivity contribution in [3.05, 3.63) is 0 Å². The Morgan fingerprint density at radius 3 is 3.00 bits per heavy atom. The van der Waals surface area contributed by atoms with Crippen molar-refractivity contribution in [3.8, 4) is 0 Å². The summed E-state index contributed by atoms with van der Waals surface area (Å²) in [7, 11) is 1.63. The van der Waals surface area contributed by atoms with Gasteiger partial charge in [0.15, 0.2) is 0 Å². The minimum absolute atomic E-state index is 0.0278. The van der Waals surface area contributed by atoms with E-state index >= 15 is 0 Å². The number of halogens is 1. The van der Waals surface area contributed by atoms with E-state index in [4.69, 9.17) is 22.1 Å². The molecular weight excluding hydrogens is 152 g/mol. The molecule has 3 unspecified atom stereocenters. The highest BCUT2D eigenvalue weighted by Crippen LogP contribution is 2.15. The van der Waals surface area contributed by atoms with Crippen molar-refractivity contribution in [2.75, 3.05) is 7.11 Å². The Bertz CT molecular complexity index is 140. The van der Waals surface area contributed by atoms with E-state index in [1.807, 2.05) is 0 Å². The molecule has 0 amide bonds. The number of hydrogen-bond acceptors (Lipinski definition) is 3. The van der Waals surface area contributed by atoms with E-state index < -0.39 is 0 Å². The molecule has 0 aliphatic carbocycles. The maximum absolute atomic E-state index is 5.72. The topological polar surface area (TPSA) is 47.6 Å². The molecule has 0 aromatic rings. The van der Waals surface area contributed by atoms with Crippen molar-refractivity contribution in [3.63, 3.8) is 0 Å². The van der Waals surface area contributed by atoms with E-state index in [2.05, 4.69) is 4.99 Å². The third kappa shape index (κ3) is 1.68. The van der Waals surface area contributed by atoms with E-state index in [9.17, 15) is 0 Å². The van der Waals surface area contributed by atoms with Crippen LogP contribution in [-0.4, -0.2) is 31.0 Å². The van der Waals surface area contributed by atoms with E-state index in [0.29, 0.717) is 6.42 Å². The van der Waals surface area contributed by atoms with Crippen molar-refractivity contribution >= 4 is 17.8 Å². The first-order chi connectivity index (χ1) is 4.74. The van der Waals surface area contributed by atoms with E-state index in [1.54, 1.807) is 13.3 Å². The molecular formula is C6H11ClN2O. The summed E-state index contributed by atoms with van der Waals surface area (Å²) in [5.41, 5.74) is 5.46. The van der Waals surface area contributed by atoms with Gasteiger partial charge in [-0.05, 0) is 0 Å². The molecule has 0 saturated carbocycles. The average molecular weight is 163 g/mol. The van der Waals surface area contributed by atoms with Crippen LogP contribution in [0.5, 0.6) is 0 Å². The van der Waals surface area contributed by atoms with E-state index in [0.717, 1.165) is 0 Å². The highest BCUT2D eigenvalue weighted by Gasteiger charge is 2.22. The average Bonchev–Trinajstić information content (AvgIpc) is 1.94. The minimum atomic E-state index is -0.162. The third-order valence-corrected chi connectivity index (χ3v) is 1.87. The molecule has 0 aromatic heterocycles. The zero-order valence-electron chi connectivity index (χ0n) is 5.83. The van der Waals surface area contributed by atoms with Crippen molar-refractivity contribution in [1.29, 1.82) is 0 Å². The fourth-order valence-electron chi connectivity index (χ4n) is 0.952. The van der Waals surface area contributed by atoms with Gasteiger partial charge in [-0.15, -0.1) is 0 Å². The quantitative estimate of drug-likeness (QED) is 0.447. The van der Waals surface area contributed by atoms with Crippen molar-refractivity contribution < 1.29 is 4.74 Å². The Morgan fingerprint density at radius 2 is 2.50 bits per heavy atom. The van der Waals surface area contributed by atoms with Crippen LogP contribution in [0.15, 0.2) is 4.99 Å². The van der Waals surface area contributed by atoms with Gasteiger partial charge in [-0.1, -0.05) is 11.6 Å². The van der Waals surface area contributed by atoms with Gasteiger partial charge in [-0.2, -0.15) is 0 Å². The maximum atomic E-state index is 5.72. The van der Waals surface area contributed by atoms with Gasteiger partial charge in [-0.25, -0.2) is 0 Å². The molecule has 0 saturated heterocycles. The van der Waals surface area contributed by atoms with Gasteiger partial charge in [0, 0.05) is 19.7 Å². The lowest BCUT2D eigenvalue weighted by atomic mass is 10.1. The van der Waals surface area contributed by atoms with Crippen LogP contribution in [0.25, 0.3) is 0 Å². The summed E-state index contributed by atoms with van der Waals surface area (Å²) < 4.78 is 5.07. The van der Waals surface area contributed by atoms with Crippen LogP contribution in [0.2, 0.25) is 0 Å². The monoisotopic (exact) mass is 162 g/mol. The molecule has 1 aliphatic heterocycles. The summed E-state index contributed by atoms with van der Waals surface area (Å²) in [6.07, 6.45) is 2.38. The number of rotatable bonds is 1. The van der Waals surface area contributed by atoms with Gasteiger partial charge in [0.25, 0.3) is 0 Å². The fourth-order valence-corrected chi connectivity index (χ4v) is 1.19. The van der Waals surface area contributed by atoms with E-state index in [-0.39, 0.29) is 17.6 Å². The van der Waals surface area contributed by atoms with Crippen molar-refractivity contribution in [2.45, 2.75) is 24.1 Å². The first-order valence-corrected chi connectivity index (χ1v) is 3.63. The lowest BCUT2D eigenvalue weighted by Gasteiger charge is -2.24. The second-order valence-electron chi connectivity index (χ2n) is 2.32. The summed E-state index contributed by atoms with van der Waals surface area (Å²) in [5, 5.41) is 0. The SMILES string of the molecule is COC1CC(Cl)N=CC1N. The third-order valence-electron chi connectivity index (χ3n) is 1.58. The first kappa shape index (κ1) is 7.98. The number of nitrogens with two attached hydrogens (primary N) is 1. The largest absolute Gasteiger partial charge is 0.379 e. The normalized spacial score (nSPS) is 40.1. The lowest BCUT2D eigenvalue weighted by Crippen LogP contribution is -2.41. The first-order valence-electron chi connectivity index (χ1n) is 3.20. The molecule has 0 aromatic carbocycles. The van der Waals surface area contributed by atoms with Crippen LogP contribution in [0, 0.1) is 0 Å². The van der Waals surface area contributed by atoms with Crippen LogP contribution in [0.3, 0.4) is 0 Å². The predicted octanol–water partition coefficient (Wildman–Crippen LogP) is 0.368. The molecule has 4 heteroatoms. The standard InChI is InChI=1S/C6H11ClN2O/c1-10-5-2-6(7)9-3-4(5)8/h3-6H,2,8H2,1H3. The smallest absolute Gasteiger partial charge is 0.126 e. The predicted molar refractivity (Wildman–Crippen MR) is 41.5 cm³/mol. The van der Waals surface area contributed by atoms with Crippen LogP contribution in [0.1, 0.15) is 6.42 Å². The second-order valence-corrected chi connectivity index (χ2v) is 2.82. The zero-order chi connectivity index (χ0) is 7.56. The summed E-state index contributed by atoms with van der Waals surface area (Å²) in [5.74, 6) is 0. The zero-order valence-corrected chi connectivity index (χ0v) is 6.58. The molecule has 0 bridgehead atoms. The number of hydrogen-bond donors (Lipinski definition) is 1. The molecule has 1 aliphatic rings. The summed E-state index contributed by atoms with van der Waals surface area (Å²) in [6, 6.07) is -0.0972. The van der Waals surface area contributed by atoms with Crippen LogP contribution in [0.4, 0.5) is 0 Å². The molecule has 58 valence electrons. The van der Waals surface area contributed by atoms with Gasteiger partial charge in [-0.3, -0.25) is 4.99 Å². The molecule has 10 heavy (non-hydrogen) atoms. The molecule has 0 fully saturated rings. The van der Waals surface area contributed by atoms with Crippen LogP contribution < -0.4 is 5.73 Å². The Morgan fingerprint density at radius 1 is 1.80 bits per heavy atom. The van der Waals surface area contributed by atoms with Gasteiger partial charge < -0.3 is 10.5 Å². The molecule has 3 atom stereocenters. The Hall–Kier alpha value is -0.120. The number of alkyl halides is 1. The van der Waals surface area contributed by atoms with Crippen molar-refractivity contribution in [2.24, 2.45) is 10.7 Å². The Balaban J connectivity index is 2.53. The molecule has 2 N–H and O–H groups in total. The van der Waals surface area contributed by atoms with Gasteiger partial charge in [0.2, 0.25) is 0 Å². The maximum Gasteiger partial charge on any atom is 0.126 e. The molecule has 1 rings (SSSR count). The Kier molecular flexibility index (Phi) is 2.65. The summed E-state index contributed by atoms with van der Waals surface area (Å²) in [6.45, 7) is 0. The van der Waals surface area contributed by atoms with E-state index in [1.165, 1.54) is 0 Å². The molecule has 0 radical (unpaired) electrons. The minimum Gasteiger partial charge on any atom is -0.379 e. The summed E-state index contributed by atoms with van der Waals surface area (Å²) in [4.78, 5) is 3.94. The highest BCUT2D eigenvalue weighted by molar-refractivity contribution is 6.21.